The summed E-state index contributed by atoms with van der Waals surface area (Å²) in [5.41, 5.74) is 0. The predicted molar refractivity (Wildman–Crippen MR) is 240 cm³/mol. The van der Waals surface area contributed by atoms with Crippen LogP contribution in [0.5, 0.6) is 0 Å². The van der Waals surface area contributed by atoms with Crippen molar-refractivity contribution in [3.8, 4) is 0 Å². The lowest BCUT2D eigenvalue weighted by molar-refractivity contribution is -0.870. The van der Waals surface area contributed by atoms with Crippen LogP contribution in [0, 0.1) is 0 Å². The summed E-state index contributed by atoms with van der Waals surface area (Å²) in [5.74, 6) is -0.912. The molecular formula is C48H84NO8P. The Morgan fingerprint density at radius 2 is 1.00 bits per heavy atom. The van der Waals surface area contributed by atoms with Crippen LogP contribution in [-0.4, -0.2) is 70.0 Å². The molecule has 0 fully saturated rings. The largest absolute Gasteiger partial charge is 0.756 e. The molecule has 2 unspecified atom stereocenters. The van der Waals surface area contributed by atoms with Gasteiger partial charge in [-0.15, -0.1) is 0 Å². The molecule has 0 amide bonds. The molecule has 58 heavy (non-hydrogen) atoms. The molecule has 0 saturated carbocycles. The lowest BCUT2D eigenvalue weighted by Crippen LogP contribution is -2.37. The van der Waals surface area contributed by atoms with Crippen LogP contribution in [0.15, 0.2) is 72.9 Å². The number of unbranched alkanes of at least 4 members (excludes halogenated alkanes) is 14. The maximum Gasteiger partial charge on any atom is 0.306 e. The van der Waals surface area contributed by atoms with Crippen molar-refractivity contribution in [2.45, 2.75) is 174 Å². The van der Waals surface area contributed by atoms with Crippen LogP contribution in [0.3, 0.4) is 0 Å². The average molecular weight is 834 g/mol. The Labute approximate surface area is 355 Å². The minimum absolute atomic E-state index is 0.0454. The maximum absolute atomic E-state index is 12.7. The molecule has 0 aliphatic rings. The van der Waals surface area contributed by atoms with Gasteiger partial charge in [0.25, 0.3) is 7.82 Å². The van der Waals surface area contributed by atoms with Crippen molar-refractivity contribution in [2.75, 3.05) is 47.5 Å². The first kappa shape index (κ1) is 55.5. The number of ether oxygens (including phenoxy) is 2. The smallest absolute Gasteiger partial charge is 0.306 e. The van der Waals surface area contributed by atoms with Gasteiger partial charge < -0.3 is 27.9 Å². The van der Waals surface area contributed by atoms with E-state index in [4.69, 9.17) is 18.5 Å². The van der Waals surface area contributed by atoms with Crippen molar-refractivity contribution in [1.82, 2.24) is 0 Å². The molecule has 0 aromatic heterocycles. The van der Waals surface area contributed by atoms with Crippen molar-refractivity contribution in [1.29, 1.82) is 0 Å². The minimum atomic E-state index is -4.65. The lowest BCUT2D eigenvalue weighted by atomic mass is 10.1. The van der Waals surface area contributed by atoms with E-state index in [-0.39, 0.29) is 26.1 Å². The van der Waals surface area contributed by atoms with Crippen molar-refractivity contribution < 1.29 is 42.1 Å². The number of quaternary nitrogens is 1. The number of esters is 2. The van der Waals surface area contributed by atoms with Gasteiger partial charge in [-0.3, -0.25) is 14.2 Å². The summed E-state index contributed by atoms with van der Waals surface area (Å²) in [6.07, 6.45) is 49.4. The van der Waals surface area contributed by atoms with Crippen molar-refractivity contribution in [3.63, 3.8) is 0 Å². The minimum Gasteiger partial charge on any atom is -0.756 e. The molecule has 10 heteroatoms. The lowest BCUT2D eigenvalue weighted by Gasteiger charge is -2.28. The van der Waals surface area contributed by atoms with Crippen molar-refractivity contribution in [2.24, 2.45) is 0 Å². The molecule has 0 radical (unpaired) electrons. The van der Waals surface area contributed by atoms with E-state index in [1.165, 1.54) is 64.2 Å². The van der Waals surface area contributed by atoms with Crippen LogP contribution in [0.25, 0.3) is 0 Å². The molecule has 0 aromatic rings. The summed E-state index contributed by atoms with van der Waals surface area (Å²) in [6.45, 7) is 4.03. The van der Waals surface area contributed by atoms with Gasteiger partial charge in [-0.25, -0.2) is 0 Å². The number of hydrogen-bond donors (Lipinski definition) is 0. The van der Waals surface area contributed by atoms with Crippen LogP contribution >= 0.6 is 7.82 Å². The fourth-order valence-electron chi connectivity index (χ4n) is 5.68. The van der Waals surface area contributed by atoms with Gasteiger partial charge in [-0.1, -0.05) is 151 Å². The average Bonchev–Trinajstić information content (AvgIpc) is 3.17. The van der Waals surface area contributed by atoms with E-state index >= 15 is 0 Å². The molecule has 0 aliphatic heterocycles. The zero-order chi connectivity index (χ0) is 42.8. The normalized spacial score (nSPS) is 14.2. The summed E-state index contributed by atoms with van der Waals surface area (Å²) in [7, 11) is 1.12. The van der Waals surface area contributed by atoms with Gasteiger partial charge >= 0.3 is 11.9 Å². The Bertz CT molecular complexity index is 1220. The van der Waals surface area contributed by atoms with E-state index < -0.39 is 32.5 Å². The third kappa shape index (κ3) is 43.0. The molecule has 0 saturated heterocycles. The number of hydrogen-bond acceptors (Lipinski definition) is 8. The maximum atomic E-state index is 12.7. The van der Waals surface area contributed by atoms with E-state index in [2.05, 4.69) is 80.7 Å². The van der Waals surface area contributed by atoms with Gasteiger partial charge in [0.1, 0.15) is 19.8 Å². The van der Waals surface area contributed by atoms with Gasteiger partial charge in [-0.2, -0.15) is 0 Å². The highest BCUT2D eigenvalue weighted by Crippen LogP contribution is 2.38. The number of likely N-dealkylation sites (N-methyl/N-ethyl adjacent to an activating group) is 1. The molecule has 0 heterocycles. The number of phosphoric acid groups is 1. The molecule has 0 aromatic carbocycles. The molecule has 334 valence electrons. The monoisotopic (exact) mass is 834 g/mol. The van der Waals surface area contributed by atoms with Crippen LogP contribution in [-0.2, 0) is 32.7 Å². The van der Waals surface area contributed by atoms with Gasteiger partial charge in [0.15, 0.2) is 6.10 Å². The Balaban J connectivity index is 4.45. The quantitative estimate of drug-likeness (QED) is 0.0197. The Hall–Kier alpha value is -2.55. The summed E-state index contributed by atoms with van der Waals surface area (Å²) >= 11 is 0. The summed E-state index contributed by atoms with van der Waals surface area (Å²) in [4.78, 5) is 37.5. The second kappa shape index (κ2) is 39.9. The zero-order valence-electron chi connectivity index (χ0n) is 37.5. The van der Waals surface area contributed by atoms with E-state index in [1.807, 2.05) is 27.2 Å². The first-order chi connectivity index (χ1) is 28.0. The first-order valence-corrected chi connectivity index (χ1v) is 24.1. The first-order valence-electron chi connectivity index (χ1n) is 22.6. The number of nitrogens with zero attached hydrogens (tertiary/aromatic N) is 1. The second-order valence-corrected chi connectivity index (χ2v) is 17.4. The molecule has 0 aliphatic carbocycles. The molecular weight excluding hydrogens is 750 g/mol. The van der Waals surface area contributed by atoms with E-state index in [0.717, 1.165) is 57.8 Å². The SMILES string of the molecule is CC/C=C\C/C=C\C/C=C\C/C=C\C/C=C\CCCC(=O)OC(COC(=O)CCCCCCCCC/C=C\CCCCCCCC)COP(=O)([O-])OCC[N+](C)(C)C. The summed E-state index contributed by atoms with van der Waals surface area (Å²) < 4.78 is 33.8. The Kier molecular flexibility index (Phi) is 38.1. The van der Waals surface area contributed by atoms with Gasteiger partial charge in [0.2, 0.25) is 0 Å². The topological polar surface area (TPSA) is 111 Å². The third-order valence-electron chi connectivity index (χ3n) is 9.21. The van der Waals surface area contributed by atoms with Crippen LogP contribution in [0.2, 0.25) is 0 Å². The van der Waals surface area contributed by atoms with E-state index in [1.54, 1.807) is 0 Å². The third-order valence-corrected chi connectivity index (χ3v) is 10.2. The highest BCUT2D eigenvalue weighted by atomic mass is 31.2. The van der Waals surface area contributed by atoms with Crippen LogP contribution < -0.4 is 4.89 Å². The van der Waals surface area contributed by atoms with E-state index in [9.17, 15) is 19.0 Å². The van der Waals surface area contributed by atoms with Gasteiger partial charge in [0, 0.05) is 12.8 Å². The van der Waals surface area contributed by atoms with Crippen molar-refractivity contribution in [3.05, 3.63) is 72.9 Å². The fraction of sp³-hybridized carbons (Fsp3) is 0.708. The molecule has 9 nitrogen and oxygen atoms in total. The van der Waals surface area contributed by atoms with E-state index in [0.29, 0.717) is 30.3 Å². The Morgan fingerprint density at radius 1 is 0.552 bits per heavy atom. The molecule has 2 atom stereocenters. The zero-order valence-corrected chi connectivity index (χ0v) is 38.4. The highest BCUT2D eigenvalue weighted by molar-refractivity contribution is 7.45. The fourth-order valence-corrected chi connectivity index (χ4v) is 6.41. The van der Waals surface area contributed by atoms with Gasteiger partial charge in [-0.05, 0) is 77.0 Å². The summed E-state index contributed by atoms with van der Waals surface area (Å²) in [6, 6.07) is 0. The molecule has 0 bridgehead atoms. The van der Waals surface area contributed by atoms with Crippen LogP contribution in [0.1, 0.15) is 168 Å². The number of allylic oxidation sites excluding steroid dienone is 12. The number of phosphoric ester groups is 1. The summed E-state index contributed by atoms with van der Waals surface area (Å²) in [5, 5.41) is 0. The number of carbonyl (C=O) groups excluding carboxylic acids is 2. The van der Waals surface area contributed by atoms with Crippen LogP contribution in [0.4, 0.5) is 0 Å². The molecule has 0 spiro atoms. The number of carbonyl (C=O) groups is 2. The van der Waals surface area contributed by atoms with Gasteiger partial charge in [0.05, 0.1) is 27.7 Å². The number of rotatable bonds is 40. The Morgan fingerprint density at radius 3 is 1.53 bits per heavy atom. The highest BCUT2D eigenvalue weighted by Gasteiger charge is 2.21. The standard InChI is InChI=1S/C48H84NO8P/c1-6-8-10-12-14-16-18-20-22-24-26-28-30-32-34-36-38-40-47(50)54-44-46(45-56-58(52,53)55-43-42-49(3,4)5)57-48(51)41-39-37-35-33-31-29-27-25-23-21-19-17-15-13-11-9-7-2/h9,11,15,17,20-23,27,29,33,35,46H,6-8,10,12-14,16,18-19,24-26,28,30-32,34,36-45H2,1-5H3/b11-9-,17-15-,22-20-,23-21-,29-27-,35-33-. The second-order valence-electron chi connectivity index (χ2n) is 16.0. The van der Waals surface area contributed by atoms with Crippen molar-refractivity contribution >= 4 is 19.8 Å². The molecule has 0 rings (SSSR count). The molecule has 0 N–H and O–H groups in total. The predicted octanol–water partition coefficient (Wildman–Crippen LogP) is 12.4.